The van der Waals surface area contributed by atoms with Gasteiger partial charge in [0.05, 0.1) is 0 Å². The third-order valence-corrected chi connectivity index (χ3v) is 5.90. The van der Waals surface area contributed by atoms with Gasteiger partial charge in [-0.2, -0.15) is 0 Å². The molecule has 2 N–H and O–H groups in total. The Morgan fingerprint density at radius 2 is 1.96 bits per heavy atom. The van der Waals surface area contributed by atoms with Crippen LogP contribution in [0, 0.1) is 11.7 Å². The van der Waals surface area contributed by atoms with Crippen LogP contribution in [0.15, 0.2) is 24.3 Å². The second kappa shape index (κ2) is 6.90. The maximum absolute atomic E-state index is 13.0. The van der Waals surface area contributed by atoms with Crippen LogP contribution in [-0.4, -0.2) is 23.0 Å². The van der Waals surface area contributed by atoms with E-state index in [9.17, 15) is 9.18 Å². The van der Waals surface area contributed by atoms with Crippen LogP contribution in [0.2, 0.25) is 0 Å². The molecule has 1 spiro atoms. The van der Waals surface area contributed by atoms with Gasteiger partial charge in [-0.05, 0) is 75.0 Å². The van der Waals surface area contributed by atoms with Gasteiger partial charge in [-0.25, -0.2) is 9.18 Å². The molecule has 2 fully saturated rings. The van der Waals surface area contributed by atoms with E-state index in [1.54, 1.807) is 0 Å². The molecule has 1 aromatic carbocycles. The number of hydrogen-bond donors (Lipinski definition) is 1. The summed E-state index contributed by atoms with van der Waals surface area (Å²) in [6.07, 6.45) is 10.1. The summed E-state index contributed by atoms with van der Waals surface area (Å²) in [5.74, 6) is 0.388. The van der Waals surface area contributed by atoms with Crippen molar-refractivity contribution in [1.82, 2.24) is 4.90 Å². The average Bonchev–Trinajstić information content (AvgIpc) is 2.92. The molecule has 0 aromatic heterocycles. The number of piperidine rings is 1. The van der Waals surface area contributed by atoms with Crippen LogP contribution in [0.25, 0.3) is 0 Å². The molecule has 2 aliphatic rings. The number of carbonyl (C=O) groups is 1. The Morgan fingerprint density at radius 1 is 1.22 bits per heavy atom. The van der Waals surface area contributed by atoms with E-state index < -0.39 is 0 Å². The van der Waals surface area contributed by atoms with E-state index in [-0.39, 0.29) is 17.4 Å². The minimum Gasteiger partial charge on any atom is -0.351 e. The van der Waals surface area contributed by atoms with E-state index in [2.05, 4.69) is 0 Å². The molecule has 1 saturated heterocycles. The molecule has 2 atom stereocenters. The van der Waals surface area contributed by atoms with Crippen molar-refractivity contribution in [2.24, 2.45) is 11.7 Å². The molecule has 4 heteroatoms. The SMILES string of the molecule is NC(=O)N1CCCCC12CCCC2CCCc1ccc(F)cc1. The smallest absolute Gasteiger partial charge is 0.315 e. The second-order valence-electron chi connectivity index (χ2n) is 7.16. The Hall–Kier alpha value is -1.58. The maximum Gasteiger partial charge on any atom is 0.315 e. The van der Waals surface area contributed by atoms with Gasteiger partial charge in [0.15, 0.2) is 0 Å². The number of hydrogen-bond acceptors (Lipinski definition) is 1. The lowest BCUT2D eigenvalue weighted by Gasteiger charge is -2.48. The third-order valence-electron chi connectivity index (χ3n) is 5.90. The van der Waals surface area contributed by atoms with Gasteiger partial charge in [0.2, 0.25) is 0 Å². The second-order valence-corrected chi connectivity index (χ2v) is 7.16. The summed E-state index contributed by atoms with van der Waals surface area (Å²) in [5, 5.41) is 0. The fraction of sp³-hybridized carbons (Fsp3) is 0.632. The number of halogens is 1. The van der Waals surface area contributed by atoms with Crippen LogP contribution in [0.1, 0.15) is 56.9 Å². The topological polar surface area (TPSA) is 46.3 Å². The molecule has 0 radical (unpaired) electrons. The van der Waals surface area contributed by atoms with Gasteiger partial charge in [0.1, 0.15) is 5.82 Å². The molecule has 1 saturated carbocycles. The van der Waals surface area contributed by atoms with Gasteiger partial charge >= 0.3 is 6.03 Å². The Bertz CT molecular complexity index is 545. The molecule has 23 heavy (non-hydrogen) atoms. The first-order valence-electron chi connectivity index (χ1n) is 8.93. The summed E-state index contributed by atoms with van der Waals surface area (Å²) in [6.45, 7) is 0.823. The van der Waals surface area contributed by atoms with Gasteiger partial charge in [0.25, 0.3) is 0 Å². The number of amides is 2. The van der Waals surface area contributed by atoms with Crippen molar-refractivity contribution in [1.29, 1.82) is 0 Å². The molecule has 0 bridgehead atoms. The van der Waals surface area contributed by atoms with E-state index in [1.165, 1.54) is 37.0 Å². The van der Waals surface area contributed by atoms with Crippen molar-refractivity contribution in [2.75, 3.05) is 6.54 Å². The number of urea groups is 1. The Morgan fingerprint density at radius 3 is 2.70 bits per heavy atom. The highest BCUT2D eigenvalue weighted by atomic mass is 19.1. The molecule has 3 rings (SSSR count). The Labute approximate surface area is 138 Å². The van der Waals surface area contributed by atoms with Gasteiger partial charge in [0, 0.05) is 12.1 Å². The lowest BCUT2D eigenvalue weighted by Crippen LogP contribution is -2.58. The monoisotopic (exact) mass is 318 g/mol. The van der Waals surface area contributed by atoms with Crippen LogP contribution < -0.4 is 5.73 Å². The van der Waals surface area contributed by atoms with Crippen molar-refractivity contribution in [3.8, 4) is 0 Å². The standard InChI is InChI=1S/C19H27FN2O/c20-17-10-8-15(9-11-17)5-3-6-16-7-4-13-19(16)12-1-2-14-22(19)18(21)23/h8-11,16H,1-7,12-14H2,(H2,21,23). The number of rotatable bonds is 4. The van der Waals surface area contributed by atoms with Crippen molar-refractivity contribution in [2.45, 2.75) is 63.3 Å². The third kappa shape index (κ3) is 3.36. The minimum absolute atomic E-state index is 0.0207. The summed E-state index contributed by atoms with van der Waals surface area (Å²) >= 11 is 0. The highest BCUT2D eigenvalue weighted by Gasteiger charge is 2.49. The zero-order valence-corrected chi connectivity index (χ0v) is 13.8. The van der Waals surface area contributed by atoms with Crippen LogP contribution in [0.4, 0.5) is 9.18 Å². The number of likely N-dealkylation sites (tertiary alicyclic amines) is 1. The highest BCUT2D eigenvalue weighted by molar-refractivity contribution is 5.73. The van der Waals surface area contributed by atoms with Crippen LogP contribution in [0.5, 0.6) is 0 Å². The number of nitrogens with two attached hydrogens (primary N) is 1. The molecule has 1 heterocycles. The molecule has 126 valence electrons. The van der Waals surface area contributed by atoms with Crippen molar-refractivity contribution < 1.29 is 9.18 Å². The van der Waals surface area contributed by atoms with Gasteiger partial charge in [-0.15, -0.1) is 0 Å². The number of nitrogens with zero attached hydrogens (tertiary/aromatic N) is 1. The van der Waals surface area contributed by atoms with Gasteiger partial charge in [-0.1, -0.05) is 18.6 Å². The lowest BCUT2D eigenvalue weighted by molar-refractivity contribution is 0.0455. The first-order chi connectivity index (χ1) is 11.1. The zero-order valence-electron chi connectivity index (χ0n) is 13.8. The molecule has 2 unspecified atom stereocenters. The lowest BCUT2D eigenvalue weighted by atomic mass is 9.76. The zero-order chi connectivity index (χ0) is 16.3. The fourth-order valence-electron chi connectivity index (χ4n) is 4.82. The van der Waals surface area contributed by atoms with Crippen LogP contribution in [-0.2, 0) is 6.42 Å². The van der Waals surface area contributed by atoms with Crippen LogP contribution >= 0.6 is 0 Å². The molecule has 1 aliphatic heterocycles. The molecule has 1 aromatic rings. The molecule has 3 nitrogen and oxygen atoms in total. The summed E-state index contributed by atoms with van der Waals surface area (Å²) in [6, 6.07) is 6.56. The first-order valence-corrected chi connectivity index (χ1v) is 8.93. The number of carbonyl (C=O) groups excluding carboxylic acids is 1. The minimum atomic E-state index is -0.241. The normalized spacial score (nSPS) is 27.5. The maximum atomic E-state index is 13.0. The van der Waals surface area contributed by atoms with Gasteiger partial charge in [-0.3, -0.25) is 0 Å². The molecule has 1 aliphatic carbocycles. The number of benzene rings is 1. The molecular weight excluding hydrogens is 291 g/mol. The Balaban J connectivity index is 1.62. The Kier molecular flexibility index (Phi) is 4.88. The van der Waals surface area contributed by atoms with E-state index in [1.807, 2.05) is 17.0 Å². The predicted octanol–water partition coefficient (Wildman–Crippen LogP) is 4.25. The van der Waals surface area contributed by atoms with E-state index in [0.29, 0.717) is 5.92 Å². The molecule has 2 amide bonds. The summed E-state index contributed by atoms with van der Waals surface area (Å²) < 4.78 is 13.0. The predicted molar refractivity (Wildman–Crippen MR) is 89.6 cm³/mol. The molecular formula is C19H27FN2O. The average molecular weight is 318 g/mol. The number of aryl methyl sites for hydroxylation is 1. The summed E-state index contributed by atoms with van der Waals surface area (Å²) in [7, 11) is 0. The van der Waals surface area contributed by atoms with Crippen molar-refractivity contribution in [3.05, 3.63) is 35.6 Å². The first kappa shape index (κ1) is 16.3. The van der Waals surface area contributed by atoms with Gasteiger partial charge < -0.3 is 10.6 Å². The van der Waals surface area contributed by atoms with E-state index in [0.717, 1.165) is 45.1 Å². The summed E-state index contributed by atoms with van der Waals surface area (Å²) in [5.41, 5.74) is 6.88. The van der Waals surface area contributed by atoms with E-state index >= 15 is 0 Å². The van der Waals surface area contributed by atoms with Crippen molar-refractivity contribution in [3.63, 3.8) is 0 Å². The number of primary amides is 1. The summed E-state index contributed by atoms with van der Waals surface area (Å²) in [4.78, 5) is 13.9. The van der Waals surface area contributed by atoms with E-state index in [4.69, 9.17) is 5.73 Å². The van der Waals surface area contributed by atoms with Crippen LogP contribution in [0.3, 0.4) is 0 Å². The highest BCUT2D eigenvalue weighted by Crippen LogP contribution is 2.48. The largest absolute Gasteiger partial charge is 0.351 e. The fourth-order valence-corrected chi connectivity index (χ4v) is 4.82. The van der Waals surface area contributed by atoms with Crippen molar-refractivity contribution >= 4 is 6.03 Å². The quantitative estimate of drug-likeness (QED) is 0.886.